The third kappa shape index (κ3) is 5.27. The van der Waals surface area contributed by atoms with Crippen molar-refractivity contribution >= 4 is 50.7 Å². The fourth-order valence-electron chi connectivity index (χ4n) is 2.97. The fraction of sp³-hybridized carbons (Fsp3) is 0.444. The van der Waals surface area contributed by atoms with Crippen molar-refractivity contribution in [1.82, 2.24) is 19.4 Å². The molecule has 0 atom stereocenters. The lowest BCUT2D eigenvalue weighted by Crippen LogP contribution is -2.40. The summed E-state index contributed by atoms with van der Waals surface area (Å²) in [5, 5.41) is 7.62. The number of aryl methyl sites for hydroxylation is 2. The van der Waals surface area contributed by atoms with Crippen LogP contribution in [0.5, 0.6) is 0 Å². The largest absolute Gasteiger partial charge is 0.379 e. The molecule has 0 radical (unpaired) electrons. The first kappa shape index (κ1) is 23.3. The molecule has 2 aromatic rings. The Morgan fingerprint density at radius 2 is 1.87 bits per heavy atom. The Kier molecular flexibility index (Phi) is 7.65. The van der Waals surface area contributed by atoms with Crippen molar-refractivity contribution in [2.75, 3.05) is 32.8 Å². The molecule has 0 spiro atoms. The number of benzene rings is 1. The number of nitrogens with zero attached hydrogens (tertiary/aromatic N) is 3. The molecule has 1 aromatic carbocycles. The summed E-state index contributed by atoms with van der Waals surface area (Å²) in [7, 11) is -3.87. The van der Waals surface area contributed by atoms with Crippen molar-refractivity contribution in [1.29, 1.82) is 0 Å². The van der Waals surface area contributed by atoms with Gasteiger partial charge in [-0.3, -0.25) is 9.48 Å². The molecule has 1 amide bonds. The van der Waals surface area contributed by atoms with Gasteiger partial charge in [0, 0.05) is 32.4 Å². The van der Waals surface area contributed by atoms with E-state index in [4.69, 9.17) is 39.5 Å². The van der Waals surface area contributed by atoms with E-state index in [1.807, 2.05) is 6.92 Å². The monoisotopic (exact) mass is 494 g/mol. The van der Waals surface area contributed by atoms with Crippen molar-refractivity contribution in [3.05, 3.63) is 44.7 Å². The average Bonchev–Trinajstić information content (AvgIpc) is 3.03. The zero-order chi connectivity index (χ0) is 21.9. The Hall–Kier alpha value is -1.36. The highest BCUT2D eigenvalue weighted by molar-refractivity contribution is 7.89. The summed E-state index contributed by atoms with van der Waals surface area (Å²) < 4.78 is 34.0. The van der Waals surface area contributed by atoms with Crippen LogP contribution >= 0.6 is 34.8 Å². The van der Waals surface area contributed by atoms with E-state index in [1.165, 1.54) is 16.4 Å². The van der Waals surface area contributed by atoms with Crippen molar-refractivity contribution < 1.29 is 17.9 Å². The minimum Gasteiger partial charge on any atom is -0.379 e. The number of ether oxygens (including phenoxy) is 1. The lowest BCUT2D eigenvalue weighted by molar-refractivity contribution is 0.0730. The van der Waals surface area contributed by atoms with Gasteiger partial charge in [-0.05, 0) is 25.5 Å². The predicted molar refractivity (Wildman–Crippen MR) is 115 cm³/mol. The maximum absolute atomic E-state index is 12.9. The minimum atomic E-state index is -3.87. The molecule has 1 fully saturated rings. The number of aromatic nitrogens is 2. The van der Waals surface area contributed by atoms with Crippen molar-refractivity contribution in [2.24, 2.45) is 0 Å². The SMILES string of the molecule is Cc1nn(CCCNC(=O)c2cc(S(=O)(=O)N3CCOCC3)c(Cl)cc2Cl)cc1Cl. The van der Waals surface area contributed by atoms with Gasteiger partial charge in [0.25, 0.3) is 5.91 Å². The molecule has 1 aliphatic heterocycles. The van der Waals surface area contributed by atoms with Crippen molar-refractivity contribution in [3.63, 3.8) is 0 Å². The molecule has 12 heteroatoms. The molecular weight excluding hydrogens is 475 g/mol. The third-order valence-corrected chi connectivity index (χ3v) is 7.64. The summed E-state index contributed by atoms with van der Waals surface area (Å²) in [6.45, 7) is 3.78. The zero-order valence-electron chi connectivity index (χ0n) is 16.2. The van der Waals surface area contributed by atoms with Gasteiger partial charge in [0.1, 0.15) is 4.90 Å². The molecule has 30 heavy (non-hydrogen) atoms. The third-order valence-electron chi connectivity index (χ3n) is 4.59. The van der Waals surface area contributed by atoms with Gasteiger partial charge in [-0.1, -0.05) is 34.8 Å². The Morgan fingerprint density at radius 1 is 1.17 bits per heavy atom. The van der Waals surface area contributed by atoms with E-state index in [-0.39, 0.29) is 33.6 Å². The summed E-state index contributed by atoms with van der Waals surface area (Å²) in [6.07, 6.45) is 2.32. The molecule has 0 aliphatic carbocycles. The second-order valence-corrected chi connectivity index (χ2v) is 9.84. The van der Waals surface area contributed by atoms with Crippen LogP contribution in [-0.2, 0) is 21.3 Å². The van der Waals surface area contributed by atoms with E-state index in [0.29, 0.717) is 37.7 Å². The number of carbonyl (C=O) groups excluding carboxylic acids is 1. The molecular formula is C18H21Cl3N4O4S. The maximum atomic E-state index is 12.9. The van der Waals surface area contributed by atoms with Crippen LogP contribution in [0.2, 0.25) is 15.1 Å². The number of hydrogen-bond donors (Lipinski definition) is 1. The molecule has 1 N–H and O–H groups in total. The highest BCUT2D eigenvalue weighted by Gasteiger charge is 2.30. The molecule has 164 valence electrons. The second-order valence-electron chi connectivity index (χ2n) is 6.71. The Bertz CT molecular complexity index is 1020. The molecule has 0 saturated carbocycles. The highest BCUT2D eigenvalue weighted by Crippen LogP contribution is 2.31. The Balaban J connectivity index is 1.68. The molecule has 1 aromatic heterocycles. The summed E-state index contributed by atoms with van der Waals surface area (Å²) in [4.78, 5) is 12.4. The number of halogens is 3. The van der Waals surface area contributed by atoms with Gasteiger partial charge in [0.15, 0.2) is 0 Å². The van der Waals surface area contributed by atoms with Crippen LogP contribution in [0.1, 0.15) is 22.5 Å². The van der Waals surface area contributed by atoms with Crippen LogP contribution < -0.4 is 5.32 Å². The first-order valence-electron chi connectivity index (χ1n) is 9.25. The maximum Gasteiger partial charge on any atom is 0.252 e. The lowest BCUT2D eigenvalue weighted by Gasteiger charge is -2.26. The number of sulfonamides is 1. The first-order valence-corrected chi connectivity index (χ1v) is 11.8. The summed E-state index contributed by atoms with van der Waals surface area (Å²) >= 11 is 18.3. The number of morpholine rings is 1. The lowest BCUT2D eigenvalue weighted by atomic mass is 10.2. The van der Waals surface area contributed by atoms with Gasteiger partial charge >= 0.3 is 0 Å². The second kappa shape index (κ2) is 9.84. The zero-order valence-corrected chi connectivity index (χ0v) is 19.3. The first-order chi connectivity index (χ1) is 14.2. The summed E-state index contributed by atoms with van der Waals surface area (Å²) in [6, 6.07) is 2.50. The fourth-order valence-corrected chi connectivity index (χ4v) is 5.37. The topological polar surface area (TPSA) is 93.5 Å². The summed E-state index contributed by atoms with van der Waals surface area (Å²) in [5.41, 5.74) is 0.786. The van der Waals surface area contributed by atoms with Crippen molar-refractivity contribution in [3.8, 4) is 0 Å². The average molecular weight is 496 g/mol. The minimum absolute atomic E-state index is 0.0334. The van der Waals surface area contributed by atoms with Crippen LogP contribution in [0.3, 0.4) is 0 Å². The molecule has 2 heterocycles. The number of amides is 1. The Labute approximate surface area is 190 Å². The van der Waals surface area contributed by atoms with Crippen LogP contribution in [0, 0.1) is 6.92 Å². The van der Waals surface area contributed by atoms with Crippen molar-refractivity contribution in [2.45, 2.75) is 24.8 Å². The molecule has 1 aliphatic rings. The van der Waals surface area contributed by atoms with Gasteiger partial charge in [-0.25, -0.2) is 8.42 Å². The molecule has 1 saturated heterocycles. The van der Waals surface area contributed by atoms with Gasteiger partial charge < -0.3 is 10.1 Å². The number of nitrogens with one attached hydrogen (secondary N) is 1. The van der Waals surface area contributed by atoms with Gasteiger partial charge in [-0.15, -0.1) is 0 Å². The molecule has 3 rings (SSSR count). The van der Waals surface area contributed by atoms with Crippen LogP contribution in [0.15, 0.2) is 23.2 Å². The van der Waals surface area contributed by atoms with E-state index >= 15 is 0 Å². The van der Waals surface area contributed by atoms with Crippen LogP contribution in [0.25, 0.3) is 0 Å². The van der Waals surface area contributed by atoms with E-state index < -0.39 is 15.9 Å². The molecule has 8 nitrogen and oxygen atoms in total. The number of rotatable bonds is 7. The van der Waals surface area contributed by atoms with Gasteiger partial charge in [0.2, 0.25) is 10.0 Å². The number of carbonyl (C=O) groups is 1. The summed E-state index contributed by atoms with van der Waals surface area (Å²) in [5.74, 6) is -0.482. The quantitative estimate of drug-likeness (QED) is 0.596. The van der Waals surface area contributed by atoms with E-state index in [9.17, 15) is 13.2 Å². The van der Waals surface area contributed by atoms with Crippen LogP contribution in [-0.4, -0.2) is 61.3 Å². The van der Waals surface area contributed by atoms with E-state index in [2.05, 4.69) is 10.4 Å². The normalized spacial score (nSPS) is 15.3. The highest BCUT2D eigenvalue weighted by atomic mass is 35.5. The number of hydrogen-bond acceptors (Lipinski definition) is 5. The predicted octanol–water partition coefficient (Wildman–Crippen LogP) is 2.99. The smallest absolute Gasteiger partial charge is 0.252 e. The van der Waals surface area contributed by atoms with E-state index in [1.54, 1.807) is 10.9 Å². The van der Waals surface area contributed by atoms with Crippen LogP contribution in [0.4, 0.5) is 0 Å². The van der Waals surface area contributed by atoms with Gasteiger partial charge in [0.05, 0.1) is 39.5 Å². The van der Waals surface area contributed by atoms with Gasteiger partial charge in [-0.2, -0.15) is 9.40 Å². The Morgan fingerprint density at radius 3 is 2.50 bits per heavy atom. The molecule has 0 bridgehead atoms. The standard InChI is InChI=1S/C18H21Cl3N4O4S/c1-12-16(21)11-24(23-12)4-2-3-22-18(26)13-9-17(15(20)10-14(13)19)30(27,28)25-5-7-29-8-6-25/h9-11H,2-8H2,1H3,(H,22,26). The van der Waals surface area contributed by atoms with E-state index in [0.717, 1.165) is 5.69 Å². The molecule has 0 unspecified atom stereocenters.